The first-order chi connectivity index (χ1) is 12.3. The van der Waals surface area contributed by atoms with Crippen LogP contribution < -0.4 is 10.2 Å². The predicted octanol–water partition coefficient (Wildman–Crippen LogP) is 1.39. The maximum absolute atomic E-state index is 12.4. The first-order valence-electron chi connectivity index (χ1n) is 8.40. The largest absolute Gasteiger partial charge is 0.352 e. The van der Waals surface area contributed by atoms with E-state index in [0.717, 1.165) is 37.4 Å². The van der Waals surface area contributed by atoms with E-state index >= 15 is 0 Å². The zero-order valence-corrected chi connectivity index (χ0v) is 13.7. The van der Waals surface area contributed by atoms with Crippen molar-refractivity contribution < 1.29 is 4.79 Å². The third-order valence-electron chi connectivity index (χ3n) is 4.48. The molecule has 0 spiro atoms. The van der Waals surface area contributed by atoms with E-state index in [2.05, 4.69) is 35.6 Å². The number of anilines is 1. The summed E-state index contributed by atoms with van der Waals surface area (Å²) in [6.07, 6.45) is 5.68. The third-order valence-corrected chi connectivity index (χ3v) is 4.48. The molecule has 0 bridgehead atoms. The van der Waals surface area contributed by atoms with Crippen LogP contribution in [0.3, 0.4) is 0 Å². The van der Waals surface area contributed by atoms with Gasteiger partial charge in [0.2, 0.25) is 5.95 Å². The van der Waals surface area contributed by atoms with Crippen LogP contribution in [-0.2, 0) is 0 Å². The van der Waals surface area contributed by atoms with Gasteiger partial charge >= 0.3 is 0 Å². The van der Waals surface area contributed by atoms with Crippen LogP contribution >= 0.6 is 0 Å². The zero-order valence-electron chi connectivity index (χ0n) is 13.7. The Bertz CT molecular complexity index is 864. The molecule has 1 fully saturated rings. The van der Waals surface area contributed by atoms with Crippen molar-refractivity contribution in [2.75, 3.05) is 24.5 Å². The fourth-order valence-corrected chi connectivity index (χ4v) is 3.19. The van der Waals surface area contributed by atoms with Crippen LogP contribution in [0, 0.1) is 5.92 Å². The molecule has 8 heteroatoms. The van der Waals surface area contributed by atoms with Crippen molar-refractivity contribution in [1.29, 1.82) is 0 Å². The van der Waals surface area contributed by atoms with E-state index in [0.29, 0.717) is 23.5 Å². The van der Waals surface area contributed by atoms with Gasteiger partial charge in [0.25, 0.3) is 5.91 Å². The van der Waals surface area contributed by atoms with Crippen LogP contribution in [0.15, 0.2) is 36.7 Å². The molecule has 2 aromatic heterocycles. The molecule has 1 aromatic carbocycles. The van der Waals surface area contributed by atoms with E-state index in [9.17, 15) is 4.79 Å². The highest BCUT2D eigenvalue weighted by Crippen LogP contribution is 2.19. The minimum absolute atomic E-state index is 0.0852. The molecular formula is C17H19N7O. The predicted molar refractivity (Wildman–Crippen MR) is 93.2 cm³/mol. The summed E-state index contributed by atoms with van der Waals surface area (Å²) < 4.78 is 0. The quantitative estimate of drug-likeness (QED) is 0.746. The van der Waals surface area contributed by atoms with E-state index < -0.39 is 0 Å². The molecule has 2 N–H and O–H groups in total. The van der Waals surface area contributed by atoms with Crippen molar-refractivity contribution in [1.82, 2.24) is 30.7 Å². The summed E-state index contributed by atoms with van der Waals surface area (Å²) in [4.78, 5) is 23.2. The minimum Gasteiger partial charge on any atom is -0.352 e. The number of rotatable bonds is 4. The van der Waals surface area contributed by atoms with Crippen LogP contribution in [0.5, 0.6) is 0 Å². The van der Waals surface area contributed by atoms with Crippen molar-refractivity contribution >= 4 is 22.9 Å². The topological polar surface area (TPSA) is 99.7 Å². The molecule has 0 saturated carbocycles. The van der Waals surface area contributed by atoms with Gasteiger partial charge in [-0.3, -0.25) is 4.79 Å². The molecule has 25 heavy (non-hydrogen) atoms. The molecule has 0 aliphatic carbocycles. The highest BCUT2D eigenvalue weighted by atomic mass is 16.1. The number of aromatic nitrogens is 5. The van der Waals surface area contributed by atoms with E-state index in [1.165, 1.54) is 0 Å². The molecular weight excluding hydrogens is 318 g/mol. The number of amides is 1. The Morgan fingerprint density at radius 1 is 1.24 bits per heavy atom. The summed E-state index contributed by atoms with van der Waals surface area (Å²) in [7, 11) is 0. The van der Waals surface area contributed by atoms with Crippen molar-refractivity contribution in [2.24, 2.45) is 5.92 Å². The monoisotopic (exact) mass is 337 g/mol. The number of carbonyl (C=O) groups is 1. The van der Waals surface area contributed by atoms with Gasteiger partial charge in [0.05, 0.1) is 0 Å². The number of fused-ring (bicyclic) bond motifs is 1. The van der Waals surface area contributed by atoms with Crippen molar-refractivity contribution in [3.8, 4) is 0 Å². The number of hydrogen-bond acceptors (Lipinski definition) is 6. The van der Waals surface area contributed by atoms with Crippen LogP contribution in [-0.4, -0.2) is 50.9 Å². The van der Waals surface area contributed by atoms with Crippen molar-refractivity contribution in [3.05, 3.63) is 42.2 Å². The van der Waals surface area contributed by atoms with Gasteiger partial charge in [-0.2, -0.15) is 15.4 Å². The summed E-state index contributed by atoms with van der Waals surface area (Å²) in [6.45, 7) is 2.45. The van der Waals surface area contributed by atoms with Gasteiger partial charge in [0.15, 0.2) is 0 Å². The number of hydrogen-bond donors (Lipinski definition) is 2. The van der Waals surface area contributed by atoms with Crippen molar-refractivity contribution in [3.63, 3.8) is 0 Å². The highest BCUT2D eigenvalue weighted by Gasteiger charge is 2.22. The number of aromatic amines is 1. The van der Waals surface area contributed by atoms with E-state index in [1.807, 2.05) is 6.07 Å². The Kier molecular flexibility index (Phi) is 4.24. The van der Waals surface area contributed by atoms with Gasteiger partial charge in [-0.15, -0.1) is 0 Å². The van der Waals surface area contributed by atoms with Gasteiger partial charge in [-0.25, -0.2) is 9.97 Å². The molecule has 0 radical (unpaired) electrons. The van der Waals surface area contributed by atoms with Gasteiger partial charge in [-0.1, -0.05) is 0 Å². The molecule has 4 rings (SSSR count). The lowest BCUT2D eigenvalue weighted by molar-refractivity contribution is 0.0945. The Morgan fingerprint density at radius 2 is 2.08 bits per heavy atom. The van der Waals surface area contributed by atoms with Gasteiger partial charge in [0.1, 0.15) is 11.0 Å². The number of piperidine rings is 1. The van der Waals surface area contributed by atoms with Gasteiger partial charge < -0.3 is 10.2 Å². The smallest absolute Gasteiger partial charge is 0.251 e. The van der Waals surface area contributed by atoms with Gasteiger partial charge in [-0.05, 0) is 43.0 Å². The molecule has 1 aliphatic rings. The Hall–Kier alpha value is -3.03. The summed E-state index contributed by atoms with van der Waals surface area (Å²) in [5.41, 5.74) is 2.04. The summed E-state index contributed by atoms with van der Waals surface area (Å²) in [5.74, 6) is 1.06. The second-order valence-corrected chi connectivity index (χ2v) is 6.24. The summed E-state index contributed by atoms with van der Waals surface area (Å²) in [6, 6.07) is 7.13. The number of carbonyl (C=O) groups excluding carboxylic acids is 1. The highest BCUT2D eigenvalue weighted by molar-refractivity contribution is 5.97. The van der Waals surface area contributed by atoms with Crippen LogP contribution in [0.2, 0.25) is 0 Å². The average Bonchev–Trinajstić information content (AvgIpc) is 3.15. The second kappa shape index (κ2) is 6.84. The molecule has 3 heterocycles. The first kappa shape index (κ1) is 15.5. The van der Waals surface area contributed by atoms with E-state index in [4.69, 9.17) is 0 Å². The zero-order chi connectivity index (χ0) is 17.1. The molecule has 1 saturated heterocycles. The third kappa shape index (κ3) is 3.42. The molecule has 8 nitrogen and oxygen atoms in total. The fourth-order valence-electron chi connectivity index (χ4n) is 3.19. The standard InChI is InChI=1S/C17H19N7O/c25-16(13-4-5-14-15(9-13)22-23-21-14)20-10-12-3-1-8-24(11-12)17-18-6-2-7-19-17/h2,4-7,9,12H,1,3,8,10-11H2,(H,20,25)(H,21,22,23)/t12-/m0/s1. The second-order valence-electron chi connectivity index (χ2n) is 6.24. The minimum atomic E-state index is -0.0852. The molecule has 128 valence electrons. The maximum Gasteiger partial charge on any atom is 0.251 e. The molecule has 3 aromatic rings. The van der Waals surface area contributed by atoms with E-state index in [-0.39, 0.29) is 5.91 Å². The number of benzene rings is 1. The van der Waals surface area contributed by atoms with Crippen LogP contribution in [0.4, 0.5) is 5.95 Å². The molecule has 1 aliphatic heterocycles. The maximum atomic E-state index is 12.4. The molecule has 1 amide bonds. The molecule has 1 atom stereocenters. The average molecular weight is 337 g/mol. The van der Waals surface area contributed by atoms with E-state index in [1.54, 1.807) is 30.6 Å². The summed E-state index contributed by atoms with van der Waals surface area (Å²) >= 11 is 0. The lowest BCUT2D eigenvalue weighted by Crippen LogP contribution is -2.41. The molecule has 0 unspecified atom stereocenters. The first-order valence-corrected chi connectivity index (χ1v) is 8.40. The van der Waals surface area contributed by atoms with Crippen LogP contribution in [0.1, 0.15) is 23.2 Å². The number of nitrogens with zero attached hydrogens (tertiary/aromatic N) is 5. The Morgan fingerprint density at radius 3 is 2.96 bits per heavy atom. The van der Waals surface area contributed by atoms with Gasteiger partial charge in [0, 0.05) is 37.6 Å². The SMILES string of the molecule is O=C(NC[C@@H]1CCCN(c2ncccn2)C1)c1ccc2n[nH]nc2c1. The Balaban J connectivity index is 1.36. The van der Waals surface area contributed by atoms with Crippen LogP contribution in [0.25, 0.3) is 11.0 Å². The Labute approximate surface area is 144 Å². The summed E-state index contributed by atoms with van der Waals surface area (Å²) in [5, 5.41) is 13.6. The number of nitrogens with one attached hydrogen (secondary N) is 2. The normalized spacial score (nSPS) is 17.6. The van der Waals surface area contributed by atoms with Crippen molar-refractivity contribution in [2.45, 2.75) is 12.8 Å². The lowest BCUT2D eigenvalue weighted by atomic mass is 9.98. The number of H-pyrrole nitrogens is 1. The lowest BCUT2D eigenvalue weighted by Gasteiger charge is -2.32. The fraction of sp³-hybridized carbons (Fsp3) is 0.353.